The maximum absolute atomic E-state index is 10.6. The molecule has 3 heteroatoms. The predicted octanol–water partition coefficient (Wildman–Crippen LogP) is 2.53. The van der Waals surface area contributed by atoms with E-state index >= 15 is 0 Å². The minimum atomic E-state index is -0.875. The second kappa shape index (κ2) is 4.80. The molecule has 0 radical (unpaired) electrons. The van der Waals surface area contributed by atoms with E-state index in [0.717, 1.165) is 5.56 Å². The second-order valence-electron chi connectivity index (χ2n) is 4.13. The van der Waals surface area contributed by atoms with Gasteiger partial charge in [0.05, 0.1) is 5.56 Å². The molecule has 1 aromatic carbocycles. The fourth-order valence-electron chi connectivity index (χ4n) is 1.11. The monoisotopic (exact) mass is 204 g/mol. The van der Waals surface area contributed by atoms with Gasteiger partial charge in [0.1, 0.15) is 0 Å². The second-order valence-corrected chi connectivity index (χ2v) is 4.13. The molecule has 0 fully saturated rings. The van der Waals surface area contributed by atoms with Crippen LogP contribution in [0.25, 0.3) is 0 Å². The minimum Gasteiger partial charge on any atom is -1.00 e. The Bertz CT molecular complexity index is 318. The summed E-state index contributed by atoms with van der Waals surface area (Å²) >= 11 is 0. The fourth-order valence-corrected chi connectivity index (χ4v) is 1.11. The third kappa shape index (κ3) is 3.31. The van der Waals surface area contributed by atoms with Gasteiger partial charge in [-0.15, -0.1) is 0 Å². The van der Waals surface area contributed by atoms with Gasteiger partial charge in [-0.1, -0.05) is 32.9 Å². The van der Waals surface area contributed by atoms with E-state index in [-0.39, 0.29) is 31.3 Å². The molecule has 0 heterocycles. The summed E-state index contributed by atoms with van der Waals surface area (Å²) in [5, 5.41) is 8.68. The molecule has 0 amide bonds. The summed E-state index contributed by atoms with van der Waals surface area (Å²) in [4.78, 5) is 10.6. The first-order valence-electron chi connectivity index (χ1n) is 4.25. The summed E-state index contributed by atoms with van der Waals surface area (Å²) in [6, 6.07) is 7.01. The zero-order valence-electron chi connectivity index (χ0n) is 10.9. The Balaban J connectivity index is -0.000000563. The van der Waals surface area contributed by atoms with E-state index < -0.39 is 5.97 Å². The van der Waals surface area contributed by atoms with Crippen molar-refractivity contribution < 1.29 is 12.8 Å². The van der Waals surface area contributed by atoms with Gasteiger partial charge in [0.25, 0.3) is 0 Å². The molecule has 0 aliphatic carbocycles. The van der Waals surface area contributed by atoms with Crippen LogP contribution in [0.5, 0.6) is 0 Å². The molecule has 0 aliphatic heterocycles. The summed E-state index contributed by atoms with van der Waals surface area (Å²) in [5.41, 5.74) is 1.57. The third-order valence-electron chi connectivity index (χ3n) is 2.00. The van der Waals surface area contributed by atoms with Gasteiger partial charge in [0.2, 0.25) is 0 Å². The van der Waals surface area contributed by atoms with Crippen LogP contribution in [0.2, 0.25) is 0 Å². The van der Waals surface area contributed by atoms with Crippen LogP contribution < -0.4 is 0 Å². The van der Waals surface area contributed by atoms with E-state index in [0.29, 0.717) is 5.56 Å². The van der Waals surface area contributed by atoms with Gasteiger partial charge in [0, 0.05) is 0 Å². The van der Waals surface area contributed by atoms with E-state index in [2.05, 4.69) is 20.8 Å². The molecule has 0 aromatic heterocycles. The van der Waals surface area contributed by atoms with Crippen molar-refractivity contribution >= 4 is 29.0 Å². The van der Waals surface area contributed by atoms with Crippen molar-refractivity contribution in [2.45, 2.75) is 26.2 Å². The topological polar surface area (TPSA) is 37.3 Å². The van der Waals surface area contributed by atoms with Crippen LogP contribution in [0, 0.1) is 0 Å². The summed E-state index contributed by atoms with van der Waals surface area (Å²) in [5.74, 6) is -0.875. The molecule has 0 atom stereocenters. The molecule has 0 saturated carbocycles. The average molecular weight is 205 g/mol. The summed E-state index contributed by atoms with van der Waals surface area (Å²) in [6.45, 7) is 6.30. The van der Waals surface area contributed by atoms with E-state index in [1.54, 1.807) is 12.1 Å². The standard InChI is InChI=1S/C11H14O2.Mg.2H/c1-11(2,3)9-6-4-8(5-7-9)10(12)13;;;/h4-7H,1-3H3,(H,12,13);;;/q;+2;2*-1. The number of hydrogen-bond acceptors (Lipinski definition) is 1. The first kappa shape index (κ1) is 13.5. The number of aromatic carboxylic acids is 1. The zero-order chi connectivity index (χ0) is 10.1. The number of hydrogen-bond donors (Lipinski definition) is 1. The molecular formula is C11H16MgO2. The molecule has 2 nitrogen and oxygen atoms in total. The number of carbonyl (C=O) groups is 1. The predicted molar refractivity (Wildman–Crippen MR) is 60.1 cm³/mol. The van der Waals surface area contributed by atoms with Crippen LogP contribution >= 0.6 is 0 Å². The molecule has 0 bridgehead atoms. The maximum atomic E-state index is 10.6. The van der Waals surface area contributed by atoms with Gasteiger partial charge in [0.15, 0.2) is 0 Å². The molecule has 0 aliphatic rings. The average Bonchev–Trinajstić information content (AvgIpc) is 2.03. The fraction of sp³-hybridized carbons (Fsp3) is 0.364. The molecule has 1 aromatic rings. The van der Waals surface area contributed by atoms with E-state index in [1.807, 2.05) is 12.1 Å². The zero-order valence-corrected chi connectivity index (χ0v) is 10.3. The number of carboxylic acid groups (broad SMARTS) is 1. The summed E-state index contributed by atoms with van der Waals surface area (Å²) < 4.78 is 0. The Morgan fingerprint density at radius 1 is 1.21 bits per heavy atom. The van der Waals surface area contributed by atoms with E-state index in [9.17, 15) is 4.79 Å². The number of carboxylic acids is 1. The minimum absolute atomic E-state index is 0. The Labute approximate surface area is 103 Å². The molecule has 0 saturated heterocycles. The van der Waals surface area contributed by atoms with Gasteiger partial charge in [-0.25, -0.2) is 4.79 Å². The first-order valence-corrected chi connectivity index (χ1v) is 4.25. The maximum Gasteiger partial charge on any atom is 2.00 e. The smallest absolute Gasteiger partial charge is 1.00 e. The SMILES string of the molecule is CC(C)(C)c1ccc(C(=O)O)cc1.[H-].[H-].[Mg+2]. The van der Waals surface area contributed by atoms with Crippen LogP contribution in [0.15, 0.2) is 24.3 Å². The third-order valence-corrected chi connectivity index (χ3v) is 2.00. The van der Waals surface area contributed by atoms with Crippen molar-refractivity contribution in [2.24, 2.45) is 0 Å². The van der Waals surface area contributed by atoms with Crippen LogP contribution in [0.1, 0.15) is 39.5 Å². The Morgan fingerprint density at radius 2 is 1.64 bits per heavy atom. The van der Waals surface area contributed by atoms with Crippen LogP contribution in [-0.2, 0) is 5.41 Å². The van der Waals surface area contributed by atoms with Crippen LogP contribution in [0.3, 0.4) is 0 Å². The van der Waals surface area contributed by atoms with Crippen molar-refractivity contribution in [3.05, 3.63) is 35.4 Å². The molecule has 14 heavy (non-hydrogen) atoms. The van der Waals surface area contributed by atoms with Crippen molar-refractivity contribution in [3.63, 3.8) is 0 Å². The first-order chi connectivity index (χ1) is 5.91. The Morgan fingerprint density at radius 3 is 1.93 bits per heavy atom. The molecule has 74 valence electrons. The molecular weight excluding hydrogens is 188 g/mol. The van der Waals surface area contributed by atoms with E-state index in [1.165, 1.54) is 0 Å². The van der Waals surface area contributed by atoms with Crippen molar-refractivity contribution in [1.82, 2.24) is 0 Å². The molecule has 1 rings (SSSR count). The van der Waals surface area contributed by atoms with Gasteiger partial charge in [-0.2, -0.15) is 0 Å². The van der Waals surface area contributed by atoms with Gasteiger partial charge in [-0.05, 0) is 23.1 Å². The van der Waals surface area contributed by atoms with Crippen LogP contribution in [-0.4, -0.2) is 34.1 Å². The van der Waals surface area contributed by atoms with Crippen molar-refractivity contribution in [1.29, 1.82) is 0 Å². The number of benzene rings is 1. The van der Waals surface area contributed by atoms with Crippen LogP contribution in [0.4, 0.5) is 0 Å². The molecule has 1 N–H and O–H groups in total. The molecule has 0 spiro atoms. The Hall–Kier alpha value is -0.544. The van der Waals surface area contributed by atoms with Gasteiger partial charge >= 0.3 is 29.0 Å². The Kier molecular flexibility index (Phi) is 4.61. The summed E-state index contributed by atoms with van der Waals surface area (Å²) in [7, 11) is 0. The van der Waals surface area contributed by atoms with E-state index in [4.69, 9.17) is 5.11 Å². The summed E-state index contributed by atoms with van der Waals surface area (Å²) in [6.07, 6.45) is 0. The molecule has 0 unspecified atom stereocenters. The van der Waals surface area contributed by atoms with Crippen molar-refractivity contribution in [2.75, 3.05) is 0 Å². The van der Waals surface area contributed by atoms with Gasteiger partial charge < -0.3 is 7.96 Å². The quantitative estimate of drug-likeness (QED) is 0.714. The normalized spacial score (nSPS) is 10.5. The largest absolute Gasteiger partial charge is 2.00 e. The van der Waals surface area contributed by atoms with Gasteiger partial charge in [-0.3, -0.25) is 0 Å². The van der Waals surface area contributed by atoms with Crippen molar-refractivity contribution in [3.8, 4) is 0 Å². The number of rotatable bonds is 1.